The summed E-state index contributed by atoms with van der Waals surface area (Å²) in [5.74, 6) is 0. The molecule has 0 saturated heterocycles. The first kappa shape index (κ1) is 41.6. The molecule has 0 aromatic heterocycles. The average molecular weight is 446 g/mol. The molecule has 0 fully saturated rings. The maximum absolute atomic E-state index is 0. The van der Waals surface area contributed by atoms with E-state index in [0.717, 1.165) is 0 Å². The molecule has 0 atom stereocenters. The third-order valence-electron chi connectivity index (χ3n) is 0. The Kier molecular flexibility index (Phi) is 225. The standard InChI is InChI=1S/3Cu.2Sb.12H/q3*+2;2*-3;;;;;;;;;;;;. The topological polar surface area (TPSA) is 0 Å². The van der Waals surface area contributed by atoms with Crippen LogP contribution < -0.4 is 0 Å². The van der Waals surface area contributed by atoms with Crippen LogP contribution in [0.2, 0.25) is 0 Å². The number of hydrogen-bond donors (Lipinski definition) is 0. The molecule has 0 rings (SSSR count). The molecule has 0 aliphatic heterocycles. The van der Waals surface area contributed by atoms with Crippen molar-refractivity contribution in [1.29, 1.82) is 0 Å². The van der Waals surface area contributed by atoms with E-state index in [1.807, 2.05) is 0 Å². The van der Waals surface area contributed by atoms with Gasteiger partial charge in [0.05, 0.1) is 0 Å². The van der Waals surface area contributed by atoms with Gasteiger partial charge in [0.25, 0.3) is 0 Å². The van der Waals surface area contributed by atoms with Crippen molar-refractivity contribution in [2.45, 2.75) is 0 Å². The predicted octanol–water partition coefficient (Wildman–Crippen LogP) is -3.98. The zero-order chi connectivity index (χ0) is 0. The van der Waals surface area contributed by atoms with Crippen LogP contribution in [-0.2, 0) is 51.2 Å². The first-order valence-corrected chi connectivity index (χ1v) is 0. The molecule has 5 heavy (non-hydrogen) atoms. The van der Waals surface area contributed by atoms with Gasteiger partial charge in [0.1, 0.15) is 0 Å². The summed E-state index contributed by atoms with van der Waals surface area (Å²) in [5.41, 5.74) is 0. The van der Waals surface area contributed by atoms with Crippen LogP contribution in [0.4, 0.5) is 0 Å². The zero-order valence-corrected chi connectivity index (χ0v) is 3.73. The van der Waals surface area contributed by atoms with E-state index in [1.165, 1.54) is 0 Å². The molecule has 0 amide bonds. The van der Waals surface area contributed by atoms with Crippen LogP contribution in [-0.4, -0.2) is 48.9 Å². The quantitative estimate of drug-likeness (QED) is 0.333. The van der Waals surface area contributed by atoms with E-state index < -0.39 is 0 Å². The summed E-state index contributed by atoms with van der Waals surface area (Å²) in [6, 6.07) is 0. The van der Waals surface area contributed by atoms with Crippen LogP contribution in [0.5, 0.6) is 0 Å². The molecule has 5 heteroatoms. The van der Waals surface area contributed by atoms with Gasteiger partial charge in [-0.3, -0.25) is 0 Å². The van der Waals surface area contributed by atoms with E-state index in [4.69, 9.17) is 0 Å². The third-order valence-corrected chi connectivity index (χ3v) is 0. The van der Waals surface area contributed by atoms with Gasteiger partial charge in [0.2, 0.25) is 0 Å². The Labute approximate surface area is 98.3 Å². The molecule has 0 aromatic rings. The Morgan fingerprint density at radius 2 is 0.400 bits per heavy atom. The summed E-state index contributed by atoms with van der Waals surface area (Å²) in [4.78, 5) is 0. The molecule has 0 aromatic carbocycles. The predicted molar refractivity (Wildman–Crippen MR) is 28.2 cm³/mol. The SMILES string of the molecule is [Cu+2].[Cu+2].[Cu+2].[SbH6-3].[SbH6-3]. The van der Waals surface area contributed by atoms with Gasteiger partial charge < -0.3 is 0 Å². The van der Waals surface area contributed by atoms with E-state index in [1.54, 1.807) is 0 Å². The maximum atomic E-state index is 0. The fourth-order valence-electron chi connectivity index (χ4n) is 0. The Hall–Kier alpha value is 3.19. The van der Waals surface area contributed by atoms with Crippen LogP contribution in [0.3, 0.4) is 0 Å². The molecule has 0 heterocycles. The molecule has 0 bridgehead atoms. The van der Waals surface area contributed by atoms with E-state index >= 15 is 0 Å². The van der Waals surface area contributed by atoms with Crippen LogP contribution in [0.15, 0.2) is 0 Å². The van der Waals surface area contributed by atoms with E-state index in [2.05, 4.69) is 0 Å². The molecule has 0 aliphatic carbocycles. The third kappa shape index (κ3) is 19.0. The van der Waals surface area contributed by atoms with Crippen molar-refractivity contribution in [2.24, 2.45) is 0 Å². The summed E-state index contributed by atoms with van der Waals surface area (Å²) in [6.45, 7) is 0. The van der Waals surface area contributed by atoms with E-state index in [-0.39, 0.29) is 100 Å². The molecule has 55 valence electrons. The molecule has 0 saturated carbocycles. The van der Waals surface area contributed by atoms with Crippen molar-refractivity contribution in [2.75, 3.05) is 0 Å². The Balaban J connectivity index is 0. The fraction of sp³-hybridized carbons (Fsp3) is 0. The van der Waals surface area contributed by atoms with Crippen LogP contribution in [0.1, 0.15) is 0 Å². The minimum atomic E-state index is 0. The summed E-state index contributed by atoms with van der Waals surface area (Å²) in [5, 5.41) is 0. The van der Waals surface area contributed by atoms with Crippen molar-refractivity contribution in [3.05, 3.63) is 0 Å². The monoisotopic (exact) mass is 443 g/mol. The molecule has 0 unspecified atom stereocenters. The second kappa shape index (κ2) is 27.1. The van der Waals surface area contributed by atoms with Gasteiger partial charge in [-0.1, -0.05) is 0 Å². The average Bonchev–Trinajstić information content (AvgIpc) is 0. The Bertz CT molecular complexity index is 4.85. The van der Waals surface area contributed by atoms with Gasteiger partial charge in [0, 0.05) is 0 Å². The van der Waals surface area contributed by atoms with Gasteiger partial charge >= 0.3 is 100 Å². The molecular formula is H12Cu3Sb2. The molecular weight excluding hydrogens is 434 g/mol. The van der Waals surface area contributed by atoms with Gasteiger partial charge in [-0.05, 0) is 0 Å². The number of hydrogen-bond acceptors (Lipinski definition) is 0. The van der Waals surface area contributed by atoms with Gasteiger partial charge in [0.15, 0.2) is 0 Å². The normalized spacial score (nSPS) is 0. The van der Waals surface area contributed by atoms with Crippen molar-refractivity contribution < 1.29 is 51.2 Å². The molecule has 3 radical (unpaired) electrons. The van der Waals surface area contributed by atoms with Crippen molar-refractivity contribution in [1.82, 2.24) is 0 Å². The van der Waals surface area contributed by atoms with Crippen molar-refractivity contribution in [3.8, 4) is 0 Å². The zero-order valence-electron chi connectivity index (χ0n) is 0.905. The summed E-state index contributed by atoms with van der Waals surface area (Å²) >= 11 is 0. The summed E-state index contributed by atoms with van der Waals surface area (Å²) in [6.07, 6.45) is 0. The molecule has 0 N–H and O–H groups in total. The molecule has 0 nitrogen and oxygen atoms in total. The van der Waals surface area contributed by atoms with E-state index in [9.17, 15) is 0 Å². The van der Waals surface area contributed by atoms with Gasteiger partial charge in [-0.15, -0.1) is 0 Å². The van der Waals surface area contributed by atoms with Crippen molar-refractivity contribution in [3.63, 3.8) is 0 Å². The number of rotatable bonds is 0. The van der Waals surface area contributed by atoms with Gasteiger partial charge in [-0.2, -0.15) is 0 Å². The first-order chi connectivity index (χ1) is 0. The summed E-state index contributed by atoms with van der Waals surface area (Å²) < 4.78 is 0. The van der Waals surface area contributed by atoms with Gasteiger partial charge in [-0.25, -0.2) is 0 Å². The second-order valence-corrected chi connectivity index (χ2v) is 0. The summed E-state index contributed by atoms with van der Waals surface area (Å²) in [7, 11) is 0. The fourth-order valence-corrected chi connectivity index (χ4v) is 0. The van der Waals surface area contributed by atoms with Crippen molar-refractivity contribution >= 4 is 48.9 Å². The molecule has 0 aliphatic rings. The van der Waals surface area contributed by atoms with Crippen LogP contribution in [0.25, 0.3) is 0 Å². The molecule has 0 spiro atoms. The van der Waals surface area contributed by atoms with Crippen LogP contribution >= 0.6 is 0 Å². The van der Waals surface area contributed by atoms with Crippen LogP contribution in [0, 0.1) is 0 Å². The van der Waals surface area contributed by atoms with E-state index in [0.29, 0.717) is 0 Å². The Morgan fingerprint density at radius 3 is 0.400 bits per heavy atom. The second-order valence-electron chi connectivity index (χ2n) is 0. The Morgan fingerprint density at radius 1 is 0.400 bits per heavy atom. The minimum absolute atomic E-state index is 0. The first-order valence-electron chi connectivity index (χ1n) is 0.